The summed E-state index contributed by atoms with van der Waals surface area (Å²) in [6.07, 6.45) is 2.96. The molecule has 0 fully saturated rings. The molecule has 5 heteroatoms. The van der Waals surface area contributed by atoms with Crippen molar-refractivity contribution in [1.82, 2.24) is 14.6 Å². The molecule has 0 aliphatic rings. The molecule has 0 amide bonds. The first-order valence-electron chi connectivity index (χ1n) is 6.35. The van der Waals surface area contributed by atoms with E-state index in [1.807, 2.05) is 24.3 Å². The summed E-state index contributed by atoms with van der Waals surface area (Å²) in [6, 6.07) is 13.8. The minimum atomic E-state index is -1.02. The smallest absolute Gasteiger partial charge is 0.356 e. The molecule has 0 atom stereocenters. The Bertz CT molecular complexity index is 750. The Balaban J connectivity index is 1.85. The van der Waals surface area contributed by atoms with E-state index in [0.29, 0.717) is 5.65 Å². The summed E-state index contributed by atoms with van der Waals surface area (Å²) >= 11 is 0. The van der Waals surface area contributed by atoms with Crippen LogP contribution in [0.1, 0.15) is 21.7 Å². The molecule has 1 N–H and O–H groups in total. The van der Waals surface area contributed by atoms with Crippen LogP contribution in [0.5, 0.6) is 0 Å². The molecule has 0 spiro atoms. The second-order valence-electron chi connectivity index (χ2n) is 4.53. The van der Waals surface area contributed by atoms with Gasteiger partial charge in [-0.3, -0.25) is 0 Å². The average molecular weight is 267 g/mol. The van der Waals surface area contributed by atoms with Gasteiger partial charge in [0.05, 0.1) is 11.9 Å². The zero-order chi connectivity index (χ0) is 13.9. The quantitative estimate of drug-likeness (QED) is 0.787. The van der Waals surface area contributed by atoms with Crippen molar-refractivity contribution in [2.75, 3.05) is 0 Å². The van der Waals surface area contributed by atoms with Crippen LogP contribution in [0.15, 0.2) is 48.7 Å². The van der Waals surface area contributed by atoms with Crippen molar-refractivity contribution in [3.8, 4) is 0 Å². The monoisotopic (exact) mass is 267 g/mol. The van der Waals surface area contributed by atoms with Gasteiger partial charge >= 0.3 is 5.97 Å². The predicted molar refractivity (Wildman–Crippen MR) is 73.8 cm³/mol. The molecule has 3 rings (SSSR count). The van der Waals surface area contributed by atoms with Crippen LogP contribution < -0.4 is 0 Å². The summed E-state index contributed by atoms with van der Waals surface area (Å²) in [5.74, 6) is -1.02. The van der Waals surface area contributed by atoms with Gasteiger partial charge in [-0.2, -0.15) is 5.10 Å². The highest BCUT2D eigenvalue weighted by atomic mass is 16.4. The fraction of sp³-hybridized carbons (Fsp3) is 0.133. The molecule has 100 valence electrons. The number of nitrogens with zero attached hydrogens (tertiary/aromatic N) is 3. The summed E-state index contributed by atoms with van der Waals surface area (Å²) in [4.78, 5) is 15.1. The van der Waals surface area contributed by atoms with E-state index >= 15 is 0 Å². The van der Waals surface area contributed by atoms with Gasteiger partial charge in [0.25, 0.3) is 0 Å². The summed E-state index contributed by atoms with van der Waals surface area (Å²) in [6.45, 7) is 0. The lowest BCUT2D eigenvalue weighted by Gasteiger charge is -2.03. The van der Waals surface area contributed by atoms with Crippen molar-refractivity contribution in [2.45, 2.75) is 12.8 Å². The van der Waals surface area contributed by atoms with Crippen molar-refractivity contribution in [2.24, 2.45) is 0 Å². The number of fused-ring (bicyclic) bond motifs is 1. The number of carbonyl (C=O) groups is 1. The fourth-order valence-electron chi connectivity index (χ4n) is 2.11. The van der Waals surface area contributed by atoms with Gasteiger partial charge in [0.1, 0.15) is 0 Å². The van der Waals surface area contributed by atoms with Gasteiger partial charge in [-0.1, -0.05) is 30.3 Å². The first-order valence-corrected chi connectivity index (χ1v) is 6.35. The highest BCUT2D eigenvalue weighted by molar-refractivity contribution is 5.86. The average Bonchev–Trinajstić information content (AvgIpc) is 2.89. The number of aryl methyl sites for hydroxylation is 2. The molecule has 0 bridgehead atoms. The minimum Gasteiger partial charge on any atom is -0.476 e. The Morgan fingerprint density at radius 3 is 2.65 bits per heavy atom. The molecule has 0 aliphatic carbocycles. The normalized spacial score (nSPS) is 10.8. The molecule has 2 heterocycles. The summed E-state index contributed by atoms with van der Waals surface area (Å²) in [5.41, 5.74) is 2.72. The molecule has 0 radical (unpaired) electrons. The van der Waals surface area contributed by atoms with Gasteiger partial charge in [-0.25, -0.2) is 14.3 Å². The van der Waals surface area contributed by atoms with Gasteiger partial charge in [0.2, 0.25) is 0 Å². The van der Waals surface area contributed by atoms with Crippen LogP contribution in [-0.2, 0) is 12.8 Å². The molecule has 3 aromatic rings. The Labute approximate surface area is 115 Å². The molecule has 5 nitrogen and oxygen atoms in total. The lowest BCUT2D eigenvalue weighted by molar-refractivity contribution is 0.0688. The maximum atomic E-state index is 11.1. The number of imidazole rings is 1. The Morgan fingerprint density at radius 2 is 1.90 bits per heavy atom. The largest absolute Gasteiger partial charge is 0.476 e. The van der Waals surface area contributed by atoms with Crippen LogP contribution in [0.3, 0.4) is 0 Å². The Morgan fingerprint density at radius 1 is 1.10 bits per heavy atom. The van der Waals surface area contributed by atoms with Gasteiger partial charge in [0, 0.05) is 0 Å². The van der Waals surface area contributed by atoms with E-state index in [1.54, 1.807) is 6.07 Å². The second-order valence-corrected chi connectivity index (χ2v) is 4.53. The number of aromatic carboxylic acids is 1. The second kappa shape index (κ2) is 5.13. The third kappa shape index (κ3) is 2.38. The first-order chi connectivity index (χ1) is 9.74. The highest BCUT2D eigenvalue weighted by Gasteiger charge is 2.11. The maximum absolute atomic E-state index is 11.1. The molecule has 20 heavy (non-hydrogen) atoms. The number of aromatic nitrogens is 3. The summed E-state index contributed by atoms with van der Waals surface area (Å²) < 4.78 is 1.38. The van der Waals surface area contributed by atoms with Gasteiger partial charge in [-0.15, -0.1) is 0 Å². The van der Waals surface area contributed by atoms with E-state index in [9.17, 15) is 4.79 Å². The van der Waals surface area contributed by atoms with Crippen LogP contribution in [0, 0.1) is 0 Å². The molecule has 0 saturated carbocycles. The van der Waals surface area contributed by atoms with Crippen molar-refractivity contribution in [1.29, 1.82) is 0 Å². The van der Waals surface area contributed by atoms with E-state index < -0.39 is 5.97 Å². The van der Waals surface area contributed by atoms with E-state index in [2.05, 4.69) is 22.2 Å². The zero-order valence-corrected chi connectivity index (χ0v) is 10.7. The maximum Gasteiger partial charge on any atom is 0.356 e. The van der Waals surface area contributed by atoms with E-state index in [1.165, 1.54) is 16.3 Å². The van der Waals surface area contributed by atoms with Crippen LogP contribution in [0.4, 0.5) is 0 Å². The summed E-state index contributed by atoms with van der Waals surface area (Å²) in [7, 11) is 0. The Kier molecular flexibility index (Phi) is 3.16. The van der Waals surface area contributed by atoms with Crippen LogP contribution in [0.2, 0.25) is 0 Å². The highest BCUT2D eigenvalue weighted by Crippen LogP contribution is 2.09. The van der Waals surface area contributed by atoms with Crippen LogP contribution in [0.25, 0.3) is 5.65 Å². The Hall–Kier alpha value is -2.69. The number of rotatable bonds is 4. The van der Waals surface area contributed by atoms with Crippen LogP contribution in [-0.4, -0.2) is 25.7 Å². The topological polar surface area (TPSA) is 67.5 Å². The van der Waals surface area contributed by atoms with Gasteiger partial charge in [-0.05, 0) is 30.5 Å². The fourth-order valence-corrected chi connectivity index (χ4v) is 2.11. The van der Waals surface area contributed by atoms with Gasteiger partial charge < -0.3 is 5.11 Å². The first kappa shape index (κ1) is 12.3. The lowest BCUT2D eigenvalue weighted by Crippen LogP contribution is -2.07. The molecule has 0 saturated heterocycles. The molecular weight excluding hydrogens is 254 g/mol. The SMILES string of the molecule is O=C(O)c1cnc2ccc(CCc3ccccc3)nn12. The molecule has 0 unspecified atom stereocenters. The number of hydrogen-bond donors (Lipinski definition) is 1. The standard InChI is InChI=1S/C15H13N3O2/c19-15(20)13-10-16-14-9-8-12(17-18(13)14)7-6-11-4-2-1-3-5-11/h1-5,8-10H,6-7H2,(H,19,20). The van der Waals surface area contributed by atoms with Gasteiger partial charge in [0.15, 0.2) is 11.3 Å². The number of carboxylic acids is 1. The zero-order valence-electron chi connectivity index (χ0n) is 10.7. The molecule has 2 aromatic heterocycles. The van der Waals surface area contributed by atoms with Crippen LogP contribution >= 0.6 is 0 Å². The van der Waals surface area contributed by atoms with E-state index in [4.69, 9.17) is 5.11 Å². The number of carboxylic acid groups (broad SMARTS) is 1. The predicted octanol–water partition coefficient (Wildman–Crippen LogP) is 2.21. The van der Waals surface area contributed by atoms with Crippen molar-refractivity contribution in [3.63, 3.8) is 0 Å². The van der Waals surface area contributed by atoms with E-state index in [-0.39, 0.29) is 5.69 Å². The number of benzene rings is 1. The van der Waals surface area contributed by atoms with Crippen molar-refractivity contribution in [3.05, 3.63) is 65.6 Å². The lowest BCUT2D eigenvalue weighted by atomic mass is 10.1. The third-order valence-electron chi connectivity index (χ3n) is 3.15. The molecule has 1 aromatic carbocycles. The van der Waals surface area contributed by atoms with E-state index in [0.717, 1.165) is 18.5 Å². The molecular formula is C15H13N3O2. The third-order valence-corrected chi connectivity index (χ3v) is 3.15. The number of hydrogen-bond acceptors (Lipinski definition) is 3. The summed E-state index contributed by atoms with van der Waals surface area (Å²) in [5, 5.41) is 13.4. The van der Waals surface area contributed by atoms with Crippen molar-refractivity contribution >= 4 is 11.6 Å². The molecule has 0 aliphatic heterocycles. The van der Waals surface area contributed by atoms with Crippen molar-refractivity contribution < 1.29 is 9.90 Å². The minimum absolute atomic E-state index is 0.0848.